The van der Waals surface area contributed by atoms with E-state index < -0.39 is 5.97 Å². The van der Waals surface area contributed by atoms with Gasteiger partial charge in [-0.15, -0.1) is 0 Å². The number of carboxylic acids is 1. The lowest BCUT2D eigenvalue weighted by molar-refractivity contribution is 0.0697. The number of carboxylic acid groups (broad SMARTS) is 1. The monoisotopic (exact) mass is 357 g/mol. The SMILES string of the molecule is O=C(O)c1ccc(CNCC2(c3cccc(Cl)c3)CCCCC2)cc1. The number of rotatable bonds is 6. The maximum absolute atomic E-state index is 10.9. The molecule has 2 N–H and O–H groups in total. The number of aromatic carboxylic acids is 1. The van der Waals surface area contributed by atoms with Crippen molar-refractivity contribution >= 4 is 17.6 Å². The van der Waals surface area contributed by atoms with E-state index in [2.05, 4.69) is 17.4 Å². The van der Waals surface area contributed by atoms with Gasteiger partial charge in [0.05, 0.1) is 5.56 Å². The fourth-order valence-electron chi connectivity index (χ4n) is 3.83. The van der Waals surface area contributed by atoms with Gasteiger partial charge in [0.25, 0.3) is 0 Å². The second kappa shape index (κ2) is 8.03. The van der Waals surface area contributed by atoms with Crippen LogP contribution in [0, 0.1) is 0 Å². The average molecular weight is 358 g/mol. The second-order valence-electron chi connectivity index (χ2n) is 6.96. The Kier molecular flexibility index (Phi) is 5.77. The van der Waals surface area contributed by atoms with Crippen LogP contribution in [-0.4, -0.2) is 17.6 Å². The summed E-state index contributed by atoms with van der Waals surface area (Å²) in [5.41, 5.74) is 2.89. The van der Waals surface area contributed by atoms with E-state index in [9.17, 15) is 4.79 Å². The van der Waals surface area contributed by atoms with Crippen LogP contribution in [0.1, 0.15) is 53.6 Å². The molecule has 0 atom stereocenters. The molecular weight excluding hydrogens is 334 g/mol. The molecule has 0 aliphatic heterocycles. The molecule has 0 spiro atoms. The third-order valence-corrected chi connectivity index (χ3v) is 5.48. The van der Waals surface area contributed by atoms with Crippen molar-refractivity contribution in [2.75, 3.05) is 6.54 Å². The lowest BCUT2D eigenvalue weighted by Crippen LogP contribution is -2.39. The highest BCUT2D eigenvalue weighted by molar-refractivity contribution is 6.30. The molecule has 2 aromatic rings. The molecule has 0 saturated heterocycles. The van der Waals surface area contributed by atoms with Gasteiger partial charge in [-0.2, -0.15) is 0 Å². The highest BCUT2D eigenvalue weighted by atomic mass is 35.5. The minimum absolute atomic E-state index is 0.143. The molecule has 1 aliphatic carbocycles. The van der Waals surface area contributed by atoms with E-state index in [1.807, 2.05) is 24.3 Å². The van der Waals surface area contributed by atoms with E-state index in [4.69, 9.17) is 16.7 Å². The zero-order valence-corrected chi connectivity index (χ0v) is 15.1. The van der Waals surface area contributed by atoms with Crippen LogP contribution in [0.25, 0.3) is 0 Å². The summed E-state index contributed by atoms with van der Waals surface area (Å²) in [5.74, 6) is -0.887. The molecule has 25 heavy (non-hydrogen) atoms. The van der Waals surface area contributed by atoms with Crippen LogP contribution < -0.4 is 5.32 Å². The largest absolute Gasteiger partial charge is 0.478 e. The summed E-state index contributed by atoms with van der Waals surface area (Å²) in [5, 5.41) is 13.4. The number of hydrogen-bond donors (Lipinski definition) is 2. The number of benzene rings is 2. The molecule has 1 aliphatic rings. The molecule has 0 radical (unpaired) electrons. The normalized spacial score (nSPS) is 16.5. The van der Waals surface area contributed by atoms with Gasteiger partial charge < -0.3 is 10.4 Å². The Balaban J connectivity index is 1.68. The summed E-state index contributed by atoms with van der Waals surface area (Å²) in [6, 6.07) is 15.3. The molecule has 0 unspecified atom stereocenters. The van der Waals surface area contributed by atoms with Gasteiger partial charge in [0.1, 0.15) is 0 Å². The summed E-state index contributed by atoms with van der Waals surface area (Å²) in [6.07, 6.45) is 6.17. The van der Waals surface area contributed by atoms with E-state index in [0.29, 0.717) is 5.56 Å². The Morgan fingerprint density at radius 1 is 1.08 bits per heavy atom. The minimum Gasteiger partial charge on any atom is -0.478 e. The molecule has 4 heteroatoms. The molecule has 0 amide bonds. The molecule has 3 rings (SSSR count). The quantitative estimate of drug-likeness (QED) is 0.762. The van der Waals surface area contributed by atoms with Crippen molar-refractivity contribution < 1.29 is 9.90 Å². The first-order chi connectivity index (χ1) is 12.1. The van der Waals surface area contributed by atoms with Crippen molar-refractivity contribution in [2.45, 2.75) is 44.1 Å². The maximum Gasteiger partial charge on any atom is 0.335 e. The molecule has 2 aromatic carbocycles. The fraction of sp³-hybridized carbons (Fsp3) is 0.381. The Hall–Kier alpha value is -1.84. The van der Waals surface area contributed by atoms with Crippen LogP contribution >= 0.6 is 11.6 Å². The van der Waals surface area contributed by atoms with Gasteiger partial charge in [-0.1, -0.05) is 55.1 Å². The van der Waals surface area contributed by atoms with Crippen LogP contribution in [0.4, 0.5) is 0 Å². The van der Waals surface area contributed by atoms with Crippen molar-refractivity contribution in [3.63, 3.8) is 0 Å². The van der Waals surface area contributed by atoms with Crippen molar-refractivity contribution in [2.24, 2.45) is 0 Å². The van der Waals surface area contributed by atoms with Crippen LogP contribution in [0.5, 0.6) is 0 Å². The first kappa shape index (κ1) is 18.0. The molecule has 1 fully saturated rings. The highest BCUT2D eigenvalue weighted by Gasteiger charge is 2.33. The van der Waals surface area contributed by atoms with Gasteiger partial charge in [-0.25, -0.2) is 4.79 Å². The highest BCUT2D eigenvalue weighted by Crippen LogP contribution is 2.39. The molecular formula is C21H24ClNO2. The Labute approximate surface area is 154 Å². The minimum atomic E-state index is -0.887. The molecule has 1 saturated carbocycles. The third-order valence-electron chi connectivity index (χ3n) is 5.24. The Bertz CT molecular complexity index is 721. The van der Waals surface area contributed by atoms with E-state index in [0.717, 1.165) is 23.7 Å². The summed E-state index contributed by atoms with van der Waals surface area (Å²) >= 11 is 6.23. The van der Waals surface area contributed by atoms with Gasteiger partial charge in [-0.3, -0.25) is 0 Å². The van der Waals surface area contributed by atoms with Crippen molar-refractivity contribution in [1.29, 1.82) is 0 Å². The zero-order valence-electron chi connectivity index (χ0n) is 14.3. The van der Waals surface area contributed by atoms with E-state index in [1.54, 1.807) is 12.1 Å². The molecule has 0 aromatic heterocycles. The van der Waals surface area contributed by atoms with Crippen LogP contribution in [0.2, 0.25) is 5.02 Å². The molecule has 3 nitrogen and oxygen atoms in total. The van der Waals surface area contributed by atoms with Gasteiger partial charge in [-0.05, 0) is 48.2 Å². The molecule has 0 heterocycles. The van der Waals surface area contributed by atoms with Crippen LogP contribution in [0.15, 0.2) is 48.5 Å². The van der Waals surface area contributed by atoms with Crippen LogP contribution in [-0.2, 0) is 12.0 Å². The van der Waals surface area contributed by atoms with Crippen molar-refractivity contribution in [3.8, 4) is 0 Å². The number of halogens is 1. The van der Waals surface area contributed by atoms with Crippen LogP contribution in [0.3, 0.4) is 0 Å². The van der Waals surface area contributed by atoms with E-state index in [1.165, 1.54) is 37.7 Å². The number of hydrogen-bond acceptors (Lipinski definition) is 2. The molecule has 0 bridgehead atoms. The zero-order chi connectivity index (χ0) is 17.7. The topological polar surface area (TPSA) is 49.3 Å². The predicted molar refractivity (Wildman–Crippen MR) is 101 cm³/mol. The van der Waals surface area contributed by atoms with Crippen molar-refractivity contribution in [1.82, 2.24) is 5.32 Å². The Morgan fingerprint density at radius 3 is 2.44 bits per heavy atom. The Morgan fingerprint density at radius 2 is 1.80 bits per heavy atom. The summed E-state index contributed by atoms with van der Waals surface area (Å²) < 4.78 is 0. The van der Waals surface area contributed by atoms with E-state index >= 15 is 0 Å². The summed E-state index contributed by atoms with van der Waals surface area (Å²) in [7, 11) is 0. The van der Waals surface area contributed by atoms with Gasteiger partial charge in [0.2, 0.25) is 0 Å². The number of carbonyl (C=O) groups is 1. The second-order valence-corrected chi connectivity index (χ2v) is 7.39. The van der Waals surface area contributed by atoms with Gasteiger partial charge in [0, 0.05) is 23.5 Å². The van der Waals surface area contributed by atoms with Crippen molar-refractivity contribution in [3.05, 3.63) is 70.2 Å². The predicted octanol–water partition coefficient (Wildman–Crippen LogP) is 5.03. The fourth-order valence-corrected chi connectivity index (χ4v) is 4.02. The average Bonchev–Trinajstić information content (AvgIpc) is 2.63. The lowest BCUT2D eigenvalue weighted by atomic mass is 9.69. The first-order valence-electron chi connectivity index (χ1n) is 8.88. The standard InChI is InChI=1S/C21H24ClNO2/c22-19-6-4-5-18(13-19)21(11-2-1-3-12-21)15-23-14-16-7-9-17(10-8-16)20(24)25/h4-10,13,23H,1-3,11-12,14-15H2,(H,24,25). The van der Waals surface area contributed by atoms with E-state index in [-0.39, 0.29) is 5.41 Å². The third kappa shape index (κ3) is 4.42. The number of nitrogens with one attached hydrogen (secondary N) is 1. The summed E-state index contributed by atoms with van der Waals surface area (Å²) in [6.45, 7) is 1.65. The smallest absolute Gasteiger partial charge is 0.335 e. The lowest BCUT2D eigenvalue weighted by Gasteiger charge is -2.38. The van der Waals surface area contributed by atoms with Gasteiger partial charge in [0.15, 0.2) is 0 Å². The van der Waals surface area contributed by atoms with Gasteiger partial charge >= 0.3 is 5.97 Å². The maximum atomic E-state index is 10.9. The summed E-state index contributed by atoms with van der Waals surface area (Å²) in [4.78, 5) is 10.9. The first-order valence-corrected chi connectivity index (χ1v) is 9.26. The molecule has 132 valence electrons.